The van der Waals surface area contributed by atoms with E-state index in [1.807, 2.05) is 38.1 Å². The van der Waals surface area contributed by atoms with Gasteiger partial charge in [0, 0.05) is 29.2 Å². The molecule has 0 aliphatic heterocycles. The molecule has 23 heavy (non-hydrogen) atoms. The van der Waals surface area contributed by atoms with E-state index >= 15 is 0 Å². The molecule has 3 rings (SSSR count). The molecule has 1 aliphatic carbocycles. The normalized spacial score (nSPS) is 14.4. The standard InChI is InChI=1S/C20H24N2O/c1-13-6-5-7-19(15(13)3)21-20(23)11-8-17-12-14(2)22(16(17)4)18-9-10-18/h5-8,11-12,18H,9-10H2,1-4H3,(H,21,23)/b11-8+. The third-order valence-corrected chi connectivity index (χ3v) is 4.71. The number of aromatic nitrogens is 1. The summed E-state index contributed by atoms with van der Waals surface area (Å²) in [5, 5.41) is 2.96. The van der Waals surface area contributed by atoms with Crippen LogP contribution in [0.1, 0.15) is 47.0 Å². The predicted molar refractivity (Wildman–Crippen MR) is 95.8 cm³/mol. The number of aryl methyl sites for hydroxylation is 2. The molecule has 1 aromatic heterocycles. The number of amides is 1. The van der Waals surface area contributed by atoms with Crippen LogP contribution >= 0.6 is 0 Å². The lowest BCUT2D eigenvalue weighted by Crippen LogP contribution is -2.09. The monoisotopic (exact) mass is 308 g/mol. The van der Waals surface area contributed by atoms with Crippen LogP contribution in [0.15, 0.2) is 30.3 Å². The number of nitrogens with one attached hydrogen (secondary N) is 1. The number of carbonyl (C=O) groups is 1. The Bertz CT molecular complexity index is 779. The minimum atomic E-state index is -0.0880. The molecule has 0 spiro atoms. The van der Waals surface area contributed by atoms with Gasteiger partial charge >= 0.3 is 0 Å². The van der Waals surface area contributed by atoms with Gasteiger partial charge in [-0.25, -0.2) is 0 Å². The number of nitrogens with zero attached hydrogens (tertiary/aromatic N) is 1. The maximum Gasteiger partial charge on any atom is 0.248 e. The van der Waals surface area contributed by atoms with Crippen LogP contribution in [0.4, 0.5) is 5.69 Å². The van der Waals surface area contributed by atoms with E-state index in [2.05, 4.69) is 29.8 Å². The van der Waals surface area contributed by atoms with Crippen molar-refractivity contribution in [1.82, 2.24) is 4.57 Å². The summed E-state index contributed by atoms with van der Waals surface area (Å²) in [7, 11) is 0. The fourth-order valence-corrected chi connectivity index (χ4v) is 3.09. The molecule has 2 aromatic rings. The molecule has 3 nitrogen and oxygen atoms in total. The molecule has 1 N–H and O–H groups in total. The summed E-state index contributed by atoms with van der Waals surface area (Å²) >= 11 is 0. The molecular weight excluding hydrogens is 284 g/mol. The third kappa shape index (κ3) is 3.24. The number of anilines is 1. The largest absolute Gasteiger partial charge is 0.346 e. The highest BCUT2D eigenvalue weighted by molar-refractivity contribution is 6.02. The highest BCUT2D eigenvalue weighted by Crippen LogP contribution is 2.38. The summed E-state index contributed by atoms with van der Waals surface area (Å²) in [6.45, 7) is 8.35. The first-order valence-electron chi connectivity index (χ1n) is 8.21. The molecule has 1 fully saturated rings. The van der Waals surface area contributed by atoms with E-state index in [1.54, 1.807) is 6.08 Å². The zero-order chi connectivity index (χ0) is 16.6. The summed E-state index contributed by atoms with van der Waals surface area (Å²) < 4.78 is 2.39. The van der Waals surface area contributed by atoms with Crippen LogP contribution < -0.4 is 5.32 Å². The fraction of sp³-hybridized carbons (Fsp3) is 0.350. The second kappa shape index (κ2) is 6.07. The predicted octanol–water partition coefficient (Wildman–Crippen LogP) is 4.71. The van der Waals surface area contributed by atoms with Crippen LogP contribution in [0.2, 0.25) is 0 Å². The summed E-state index contributed by atoms with van der Waals surface area (Å²) in [6.07, 6.45) is 6.09. The molecule has 1 aliphatic rings. The van der Waals surface area contributed by atoms with Gasteiger partial charge in [0.1, 0.15) is 0 Å². The summed E-state index contributed by atoms with van der Waals surface area (Å²) in [6, 6.07) is 8.78. The minimum absolute atomic E-state index is 0.0880. The van der Waals surface area contributed by atoms with Gasteiger partial charge in [-0.15, -0.1) is 0 Å². The van der Waals surface area contributed by atoms with Gasteiger partial charge in [-0.1, -0.05) is 12.1 Å². The minimum Gasteiger partial charge on any atom is -0.346 e. The van der Waals surface area contributed by atoms with Crippen LogP contribution in [0.3, 0.4) is 0 Å². The SMILES string of the molecule is Cc1cccc(NC(=O)/C=C/c2cc(C)n(C3CC3)c2C)c1C. The van der Waals surface area contributed by atoms with Crippen molar-refractivity contribution in [2.75, 3.05) is 5.32 Å². The first kappa shape index (κ1) is 15.6. The molecule has 1 heterocycles. The van der Waals surface area contributed by atoms with E-state index in [0.29, 0.717) is 6.04 Å². The maximum atomic E-state index is 12.2. The summed E-state index contributed by atoms with van der Waals surface area (Å²) in [5.74, 6) is -0.0880. The summed E-state index contributed by atoms with van der Waals surface area (Å²) in [5.41, 5.74) is 6.83. The first-order chi connectivity index (χ1) is 11.0. The number of hydrogen-bond acceptors (Lipinski definition) is 1. The number of hydrogen-bond donors (Lipinski definition) is 1. The van der Waals surface area contributed by atoms with Crippen molar-refractivity contribution in [3.63, 3.8) is 0 Å². The average molecular weight is 308 g/mol. The topological polar surface area (TPSA) is 34.0 Å². The maximum absolute atomic E-state index is 12.2. The quantitative estimate of drug-likeness (QED) is 0.816. The number of carbonyl (C=O) groups excluding carboxylic acids is 1. The highest BCUT2D eigenvalue weighted by Gasteiger charge is 2.26. The molecule has 3 heteroatoms. The molecule has 0 saturated heterocycles. The van der Waals surface area contributed by atoms with Crippen molar-refractivity contribution >= 4 is 17.7 Å². The van der Waals surface area contributed by atoms with Gasteiger partial charge in [-0.05, 0) is 75.4 Å². The van der Waals surface area contributed by atoms with Gasteiger partial charge in [0.15, 0.2) is 0 Å². The van der Waals surface area contributed by atoms with E-state index in [4.69, 9.17) is 0 Å². The van der Waals surface area contributed by atoms with Crippen molar-refractivity contribution in [3.8, 4) is 0 Å². The average Bonchev–Trinajstić information content (AvgIpc) is 3.28. The molecular formula is C20H24N2O. The van der Waals surface area contributed by atoms with Crippen molar-refractivity contribution in [2.24, 2.45) is 0 Å². The highest BCUT2D eigenvalue weighted by atomic mass is 16.1. The molecule has 0 bridgehead atoms. The Labute approximate surface area is 138 Å². The zero-order valence-electron chi connectivity index (χ0n) is 14.3. The van der Waals surface area contributed by atoms with Crippen LogP contribution in [0.25, 0.3) is 6.08 Å². The van der Waals surface area contributed by atoms with E-state index in [1.165, 1.54) is 29.8 Å². The van der Waals surface area contributed by atoms with Crippen LogP contribution in [0.5, 0.6) is 0 Å². The van der Waals surface area contributed by atoms with Crippen LogP contribution in [0, 0.1) is 27.7 Å². The van der Waals surface area contributed by atoms with E-state index in [9.17, 15) is 4.79 Å². The van der Waals surface area contributed by atoms with Gasteiger partial charge in [0.2, 0.25) is 5.91 Å². The Morgan fingerprint density at radius 3 is 2.65 bits per heavy atom. The first-order valence-corrected chi connectivity index (χ1v) is 8.21. The van der Waals surface area contributed by atoms with Crippen LogP contribution in [-0.2, 0) is 4.79 Å². The molecule has 0 unspecified atom stereocenters. The molecule has 0 radical (unpaired) electrons. The Morgan fingerprint density at radius 1 is 1.22 bits per heavy atom. The van der Waals surface area contributed by atoms with Crippen molar-refractivity contribution < 1.29 is 4.79 Å². The van der Waals surface area contributed by atoms with E-state index < -0.39 is 0 Å². The van der Waals surface area contributed by atoms with Gasteiger partial charge in [-0.2, -0.15) is 0 Å². The fourth-order valence-electron chi connectivity index (χ4n) is 3.09. The number of benzene rings is 1. The van der Waals surface area contributed by atoms with Gasteiger partial charge in [0.05, 0.1) is 0 Å². The molecule has 120 valence electrons. The zero-order valence-corrected chi connectivity index (χ0v) is 14.3. The summed E-state index contributed by atoms with van der Waals surface area (Å²) in [4.78, 5) is 12.2. The Morgan fingerprint density at radius 2 is 1.96 bits per heavy atom. The van der Waals surface area contributed by atoms with Crippen LogP contribution in [-0.4, -0.2) is 10.5 Å². The lowest BCUT2D eigenvalue weighted by Gasteiger charge is -2.08. The molecule has 1 aromatic carbocycles. The van der Waals surface area contributed by atoms with Crippen molar-refractivity contribution in [3.05, 3.63) is 58.4 Å². The lowest BCUT2D eigenvalue weighted by atomic mass is 10.1. The van der Waals surface area contributed by atoms with Crippen molar-refractivity contribution in [1.29, 1.82) is 0 Å². The van der Waals surface area contributed by atoms with Crippen molar-refractivity contribution in [2.45, 2.75) is 46.6 Å². The van der Waals surface area contributed by atoms with E-state index in [0.717, 1.165) is 16.8 Å². The molecule has 1 amide bonds. The Kier molecular flexibility index (Phi) is 4.12. The second-order valence-corrected chi connectivity index (χ2v) is 6.50. The Balaban J connectivity index is 1.74. The van der Waals surface area contributed by atoms with Gasteiger partial charge in [0.25, 0.3) is 0 Å². The third-order valence-electron chi connectivity index (χ3n) is 4.71. The second-order valence-electron chi connectivity index (χ2n) is 6.50. The lowest BCUT2D eigenvalue weighted by molar-refractivity contribution is -0.111. The van der Waals surface area contributed by atoms with Gasteiger partial charge in [-0.3, -0.25) is 4.79 Å². The van der Waals surface area contributed by atoms with E-state index in [-0.39, 0.29) is 5.91 Å². The van der Waals surface area contributed by atoms with Gasteiger partial charge < -0.3 is 9.88 Å². The smallest absolute Gasteiger partial charge is 0.248 e. The number of rotatable bonds is 4. The molecule has 1 saturated carbocycles. The molecule has 0 atom stereocenters. The Hall–Kier alpha value is -2.29.